The third-order valence-corrected chi connectivity index (χ3v) is 4.70. The van der Waals surface area contributed by atoms with E-state index in [0.717, 1.165) is 22.3 Å². The smallest absolute Gasteiger partial charge is 0.330 e. The average molecular weight is 362 g/mol. The molecule has 0 aliphatic heterocycles. The van der Waals surface area contributed by atoms with Crippen LogP contribution in [0.3, 0.4) is 0 Å². The van der Waals surface area contributed by atoms with Crippen molar-refractivity contribution in [1.82, 2.24) is 0 Å². The molecule has 0 bridgehead atoms. The Balaban J connectivity index is 2.05. The Kier molecular flexibility index (Phi) is 5.55. The van der Waals surface area contributed by atoms with Gasteiger partial charge >= 0.3 is 11.9 Å². The fraction of sp³-hybridized carbons (Fsp3) is 0.217. The molecule has 0 heterocycles. The Morgan fingerprint density at radius 1 is 0.778 bits per heavy atom. The van der Waals surface area contributed by atoms with Crippen LogP contribution in [0.2, 0.25) is 0 Å². The van der Waals surface area contributed by atoms with Crippen LogP contribution in [0.5, 0.6) is 0 Å². The van der Waals surface area contributed by atoms with E-state index in [1.165, 1.54) is 12.2 Å². The van der Waals surface area contributed by atoms with Crippen molar-refractivity contribution in [2.75, 3.05) is 13.2 Å². The van der Waals surface area contributed by atoms with Crippen LogP contribution in [-0.4, -0.2) is 25.2 Å². The minimum absolute atomic E-state index is 0.0906. The lowest BCUT2D eigenvalue weighted by molar-refractivity contribution is -0.143. The number of carbonyl (C=O) groups is 2. The fourth-order valence-electron chi connectivity index (χ4n) is 3.53. The lowest BCUT2D eigenvalue weighted by Crippen LogP contribution is -2.38. The molecule has 2 aromatic rings. The van der Waals surface area contributed by atoms with E-state index in [1.54, 1.807) is 26.0 Å². The maximum atomic E-state index is 12.0. The number of hydrogen-bond acceptors (Lipinski definition) is 4. The summed E-state index contributed by atoms with van der Waals surface area (Å²) >= 11 is 0. The second-order valence-corrected chi connectivity index (χ2v) is 6.39. The molecule has 0 atom stereocenters. The fourth-order valence-corrected chi connectivity index (χ4v) is 3.53. The van der Waals surface area contributed by atoms with Crippen LogP contribution in [0, 0.1) is 0 Å². The highest BCUT2D eigenvalue weighted by molar-refractivity contribution is 5.85. The highest BCUT2D eigenvalue weighted by atomic mass is 16.5. The molecule has 138 valence electrons. The molecule has 0 amide bonds. The van der Waals surface area contributed by atoms with E-state index in [4.69, 9.17) is 9.47 Å². The molecule has 1 aliphatic rings. The Bertz CT molecular complexity index is 833. The first-order valence-electron chi connectivity index (χ1n) is 8.90. The van der Waals surface area contributed by atoms with Crippen molar-refractivity contribution in [2.24, 2.45) is 0 Å². The van der Waals surface area contributed by atoms with Crippen LogP contribution >= 0.6 is 0 Å². The number of allylic oxidation sites excluding steroid dienone is 2. The van der Waals surface area contributed by atoms with Crippen LogP contribution in [0.1, 0.15) is 25.0 Å². The van der Waals surface area contributed by atoms with Crippen LogP contribution in [-0.2, 0) is 24.5 Å². The standard InChI is InChI=1S/C23H22O4/c1-3-9-21(24)26-15-23(16-27-22(25)10-4-2)19-13-7-5-11-17(19)18-12-6-8-14-20(18)23/h3-14H,15-16H2,1-2H3. The minimum atomic E-state index is -0.734. The quantitative estimate of drug-likeness (QED) is 0.571. The summed E-state index contributed by atoms with van der Waals surface area (Å²) in [6.45, 7) is 3.70. The number of rotatable bonds is 6. The number of hydrogen-bond donors (Lipinski definition) is 0. The van der Waals surface area contributed by atoms with Gasteiger partial charge in [0, 0.05) is 12.2 Å². The molecule has 0 aromatic heterocycles. The van der Waals surface area contributed by atoms with Gasteiger partial charge in [0.2, 0.25) is 0 Å². The van der Waals surface area contributed by atoms with E-state index in [1.807, 2.05) is 48.5 Å². The number of ether oxygens (including phenoxy) is 2. The Morgan fingerprint density at radius 2 is 1.19 bits per heavy atom. The van der Waals surface area contributed by atoms with Gasteiger partial charge in [-0.05, 0) is 36.1 Å². The van der Waals surface area contributed by atoms with Crippen molar-refractivity contribution in [3.63, 3.8) is 0 Å². The largest absolute Gasteiger partial charge is 0.461 e. The number of carbonyl (C=O) groups excluding carboxylic acids is 2. The zero-order chi connectivity index (χ0) is 19.3. The van der Waals surface area contributed by atoms with Gasteiger partial charge in [0.15, 0.2) is 0 Å². The van der Waals surface area contributed by atoms with Gasteiger partial charge in [0.05, 0.1) is 5.41 Å². The zero-order valence-electron chi connectivity index (χ0n) is 15.5. The van der Waals surface area contributed by atoms with Crippen molar-refractivity contribution in [2.45, 2.75) is 19.3 Å². The molecule has 1 aliphatic carbocycles. The van der Waals surface area contributed by atoms with Gasteiger partial charge in [-0.15, -0.1) is 0 Å². The normalized spacial score (nSPS) is 14.1. The van der Waals surface area contributed by atoms with Crippen LogP contribution in [0.4, 0.5) is 0 Å². The van der Waals surface area contributed by atoms with Gasteiger partial charge in [-0.25, -0.2) is 9.59 Å². The van der Waals surface area contributed by atoms with E-state index in [-0.39, 0.29) is 13.2 Å². The molecule has 0 N–H and O–H groups in total. The molecule has 2 aromatic carbocycles. The molecular formula is C23H22O4. The maximum absolute atomic E-state index is 12.0. The predicted molar refractivity (Wildman–Crippen MR) is 104 cm³/mol. The SMILES string of the molecule is CC=CC(=O)OCC1(COC(=O)C=CC)c2ccccc2-c2ccccc21. The molecule has 3 rings (SSSR count). The highest BCUT2D eigenvalue weighted by Gasteiger charge is 2.45. The molecule has 0 saturated carbocycles. The average Bonchev–Trinajstić information content (AvgIpc) is 2.96. The summed E-state index contributed by atoms with van der Waals surface area (Å²) in [5.41, 5.74) is 3.39. The summed E-state index contributed by atoms with van der Waals surface area (Å²) in [6, 6.07) is 15.9. The summed E-state index contributed by atoms with van der Waals surface area (Å²) < 4.78 is 11.1. The number of esters is 2. The van der Waals surface area contributed by atoms with E-state index in [0.29, 0.717) is 0 Å². The summed E-state index contributed by atoms with van der Waals surface area (Å²) in [5, 5.41) is 0. The van der Waals surface area contributed by atoms with Crippen molar-refractivity contribution in [3.05, 3.63) is 84.0 Å². The third kappa shape index (κ3) is 3.56. The first-order chi connectivity index (χ1) is 13.1. The summed E-state index contributed by atoms with van der Waals surface area (Å²) in [5.74, 6) is -0.836. The predicted octanol–water partition coefficient (Wildman–Crippen LogP) is 4.19. The number of fused-ring (bicyclic) bond motifs is 3. The summed E-state index contributed by atoms with van der Waals surface area (Å²) in [6.07, 6.45) is 6.04. The van der Waals surface area contributed by atoms with E-state index < -0.39 is 17.4 Å². The Labute approximate surface area is 159 Å². The highest BCUT2D eigenvalue weighted by Crippen LogP contribution is 2.49. The molecular weight excluding hydrogens is 340 g/mol. The van der Waals surface area contributed by atoms with Gasteiger partial charge in [-0.1, -0.05) is 60.7 Å². The first kappa shape index (κ1) is 18.6. The number of benzene rings is 2. The van der Waals surface area contributed by atoms with E-state index in [2.05, 4.69) is 0 Å². The van der Waals surface area contributed by atoms with Crippen molar-refractivity contribution in [3.8, 4) is 11.1 Å². The van der Waals surface area contributed by atoms with E-state index >= 15 is 0 Å². The van der Waals surface area contributed by atoms with Gasteiger partial charge in [0.25, 0.3) is 0 Å². The second-order valence-electron chi connectivity index (χ2n) is 6.39. The molecule has 0 spiro atoms. The van der Waals surface area contributed by atoms with Gasteiger partial charge in [0.1, 0.15) is 13.2 Å². The van der Waals surface area contributed by atoms with Gasteiger partial charge in [-0.2, -0.15) is 0 Å². The topological polar surface area (TPSA) is 52.6 Å². The minimum Gasteiger partial charge on any atom is -0.461 e. The zero-order valence-corrected chi connectivity index (χ0v) is 15.5. The molecule has 0 unspecified atom stereocenters. The molecule has 4 heteroatoms. The first-order valence-corrected chi connectivity index (χ1v) is 8.90. The van der Waals surface area contributed by atoms with Crippen LogP contribution in [0.25, 0.3) is 11.1 Å². The lowest BCUT2D eigenvalue weighted by Gasteiger charge is -2.30. The molecule has 0 saturated heterocycles. The monoisotopic (exact) mass is 362 g/mol. The van der Waals surface area contributed by atoms with Gasteiger partial charge < -0.3 is 9.47 Å². The summed E-state index contributed by atoms with van der Waals surface area (Å²) in [7, 11) is 0. The van der Waals surface area contributed by atoms with Crippen molar-refractivity contribution in [1.29, 1.82) is 0 Å². The molecule has 4 nitrogen and oxygen atoms in total. The molecule has 0 fully saturated rings. The molecule has 0 radical (unpaired) electrons. The van der Waals surface area contributed by atoms with Crippen LogP contribution < -0.4 is 0 Å². The van der Waals surface area contributed by atoms with Crippen molar-refractivity contribution >= 4 is 11.9 Å². The second kappa shape index (κ2) is 8.04. The lowest BCUT2D eigenvalue weighted by atomic mass is 9.79. The maximum Gasteiger partial charge on any atom is 0.330 e. The third-order valence-electron chi connectivity index (χ3n) is 4.70. The van der Waals surface area contributed by atoms with Crippen molar-refractivity contribution < 1.29 is 19.1 Å². The van der Waals surface area contributed by atoms with Crippen LogP contribution in [0.15, 0.2) is 72.8 Å². The Hall–Kier alpha value is -3.14. The summed E-state index contributed by atoms with van der Waals surface area (Å²) in [4.78, 5) is 24.0. The molecule has 27 heavy (non-hydrogen) atoms. The van der Waals surface area contributed by atoms with Gasteiger partial charge in [-0.3, -0.25) is 0 Å². The van der Waals surface area contributed by atoms with E-state index in [9.17, 15) is 9.59 Å². The Morgan fingerprint density at radius 3 is 1.59 bits per heavy atom.